The minimum absolute atomic E-state index is 0.0163. The summed E-state index contributed by atoms with van der Waals surface area (Å²) in [6, 6.07) is 11.0. The van der Waals surface area contributed by atoms with Gasteiger partial charge in [0, 0.05) is 11.6 Å². The van der Waals surface area contributed by atoms with Crippen molar-refractivity contribution in [1.82, 2.24) is 5.32 Å². The number of rotatable bonds is 7. The van der Waals surface area contributed by atoms with Crippen LogP contribution < -0.4 is 10.1 Å². The Balaban J connectivity index is 2.16. The Morgan fingerprint density at radius 1 is 1.23 bits per heavy atom. The molecule has 0 saturated heterocycles. The van der Waals surface area contributed by atoms with Crippen LogP contribution in [0.2, 0.25) is 0 Å². The first-order chi connectivity index (χ1) is 12.4. The van der Waals surface area contributed by atoms with E-state index in [9.17, 15) is 19.7 Å². The maximum atomic E-state index is 12.1. The first kappa shape index (κ1) is 19.6. The number of amides is 1. The molecule has 0 radical (unpaired) electrons. The lowest BCUT2D eigenvalue weighted by Crippen LogP contribution is -2.21. The summed E-state index contributed by atoms with van der Waals surface area (Å²) in [6.07, 6.45) is 0.243. The molecule has 134 valence electrons. The van der Waals surface area contributed by atoms with Crippen molar-refractivity contribution in [3.63, 3.8) is 0 Å². The number of benzene rings is 2. The van der Waals surface area contributed by atoms with E-state index < -0.39 is 22.5 Å². The third-order valence-electron chi connectivity index (χ3n) is 3.41. The van der Waals surface area contributed by atoms with Crippen LogP contribution in [0.4, 0.5) is 5.69 Å². The maximum absolute atomic E-state index is 12.1. The zero-order chi connectivity index (χ0) is 19.1. The van der Waals surface area contributed by atoms with E-state index in [1.165, 1.54) is 12.1 Å². The van der Waals surface area contributed by atoms with Gasteiger partial charge in [0.15, 0.2) is 0 Å². The second-order valence-electron chi connectivity index (χ2n) is 5.37. The fraction of sp³-hybridized carbons (Fsp3) is 0.176. The molecule has 0 aromatic heterocycles. The second kappa shape index (κ2) is 9.12. The topological polar surface area (TPSA) is 98.5 Å². The summed E-state index contributed by atoms with van der Waals surface area (Å²) >= 11 is 4.71. The summed E-state index contributed by atoms with van der Waals surface area (Å²) in [5.41, 5.74) is 1.43. The van der Waals surface area contributed by atoms with Crippen molar-refractivity contribution in [2.24, 2.45) is 0 Å². The standard InChI is InChI=1S/C17H15N2O5PS/c1-11-2-4-12(5-3-11)8-16(20)24-15-7-6-13(9-14(15)19(22)23)17(21)18-10-25-26/h2-7,9H,8,10H2,1H3,(H,18,21). The molecule has 0 heterocycles. The Morgan fingerprint density at radius 3 is 2.54 bits per heavy atom. The predicted molar refractivity (Wildman–Crippen MR) is 100 cm³/mol. The van der Waals surface area contributed by atoms with E-state index in [0.29, 0.717) is 7.36 Å². The van der Waals surface area contributed by atoms with Crippen molar-refractivity contribution in [1.29, 1.82) is 0 Å². The monoisotopic (exact) mass is 390 g/mol. The molecule has 9 heteroatoms. The lowest BCUT2D eigenvalue weighted by atomic mass is 10.1. The first-order valence-corrected chi connectivity index (χ1v) is 9.62. The predicted octanol–water partition coefficient (Wildman–Crippen LogP) is 3.15. The van der Waals surface area contributed by atoms with Crippen molar-refractivity contribution in [2.75, 3.05) is 6.29 Å². The molecular formula is C17H15N2O5PS. The Labute approximate surface area is 156 Å². The first-order valence-electron chi connectivity index (χ1n) is 7.52. The van der Waals surface area contributed by atoms with Gasteiger partial charge in [-0.2, -0.15) is 0 Å². The number of hydrogen-bond acceptors (Lipinski definition) is 6. The van der Waals surface area contributed by atoms with E-state index in [1.54, 1.807) is 12.1 Å². The van der Waals surface area contributed by atoms with Crippen molar-refractivity contribution >= 4 is 36.7 Å². The van der Waals surface area contributed by atoms with Crippen LogP contribution >= 0.6 is 7.36 Å². The van der Waals surface area contributed by atoms with Gasteiger partial charge in [0.25, 0.3) is 5.91 Å². The van der Waals surface area contributed by atoms with Gasteiger partial charge in [-0.25, -0.2) is 0 Å². The molecule has 0 atom stereocenters. The van der Waals surface area contributed by atoms with Gasteiger partial charge < -0.3 is 10.1 Å². The summed E-state index contributed by atoms with van der Waals surface area (Å²) in [6.45, 7) is 1.93. The van der Waals surface area contributed by atoms with Crippen molar-refractivity contribution in [3.05, 3.63) is 69.3 Å². The van der Waals surface area contributed by atoms with Crippen LogP contribution in [0.5, 0.6) is 5.75 Å². The minimum atomic E-state index is -0.698. The average molecular weight is 390 g/mol. The van der Waals surface area contributed by atoms with Crippen LogP contribution in [0.15, 0.2) is 42.5 Å². The van der Waals surface area contributed by atoms with Crippen LogP contribution in [0.1, 0.15) is 21.5 Å². The summed E-state index contributed by atoms with van der Waals surface area (Å²) in [5, 5.41) is 13.8. The molecule has 1 amide bonds. The molecule has 0 aliphatic carbocycles. The largest absolute Gasteiger partial charge is 0.419 e. The van der Waals surface area contributed by atoms with Crippen LogP contribution in [-0.2, 0) is 23.0 Å². The molecule has 2 rings (SSSR count). The number of aryl methyl sites for hydroxylation is 1. The summed E-state index contributed by atoms with van der Waals surface area (Å²) in [4.78, 5) is 34.5. The van der Waals surface area contributed by atoms with Crippen molar-refractivity contribution in [3.8, 4) is 5.75 Å². The molecule has 1 N–H and O–H groups in total. The van der Waals surface area contributed by atoms with Crippen LogP contribution in [0.3, 0.4) is 0 Å². The second-order valence-corrected chi connectivity index (χ2v) is 6.72. The normalized spacial score (nSPS) is 10.3. The molecule has 0 aliphatic heterocycles. The van der Waals surface area contributed by atoms with E-state index in [-0.39, 0.29) is 24.0 Å². The molecule has 26 heavy (non-hydrogen) atoms. The average Bonchev–Trinajstić information content (AvgIpc) is 2.61. The SMILES string of the molecule is Cc1ccc(CC(=O)Oc2ccc(C(=O)NCP=S)cc2[N+](=O)[O-])cc1. The number of nitrogens with zero attached hydrogens (tertiary/aromatic N) is 1. The highest BCUT2D eigenvalue weighted by molar-refractivity contribution is 7.96. The van der Waals surface area contributed by atoms with Gasteiger partial charge in [-0.05, 0) is 32.0 Å². The summed E-state index contributed by atoms with van der Waals surface area (Å²) in [5.74, 6) is -1.31. The summed E-state index contributed by atoms with van der Waals surface area (Å²) < 4.78 is 5.13. The fourth-order valence-corrected chi connectivity index (χ4v) is 2.53. The molecule has 0 bridgehead atoms. The molecule has 0 fully saturated rings. The molecular weight excluding hydrogens is 375 g/mol. The van der Waals surface area contributed by atoms with Crippen molar-refractivity contribution in [2.45, 2.75) is 13.3 Å². The molecule has 0 saturated carbocycles. The van der Waals surface area contributed by atoms with E-state index in [2.05, 4.69) is 5.32 Å². The maximum Gasteiger partial charge on any atom is 0.315 e. The smallest absolute Gasteiger partial charge is 0.315 e. The zero-order valence-corrected chi connectivity index (χ0v) is 15.5. The minimum Gasteiger partial charge on any atom is -0.419 e. The third kappa shape index (κ3) is 5.40. The molecule has 0 unspecified atom stereocenters. The summed E-state index contributed by atoms with van der Waals surface area (Å²) in [7, 11) is 0.556. The number of ether oxygens (including phenoxy) is 1. The van der Waals surface area contributed by atoms with E-state index in [1.807, 2.05) is 19.1 Å². The van der Waals surface area contributed by atoms with E-state index >= 15 is 0 Å². The Bertz CT molecular complexity index is 855. The van der Waals surface area contributed by atoms with E-state index in [4.69, 9.17) is 16.5 Å². The van der Waals surface area contributed by atoms with Crippen LogP contribution in [-0.4, -0.2) is 23.1 Å². The number of nitro groups is 1. The van der Waals surface area contributed by atoms with Gasteiger partial charge >= 0.3 is 11.7 Å². The molecule has 2 aromatic carbocycles. The van der Waals surface area contributed by atoms with Gasteiger partial charge in [0.2, 0.25) is 5.75 Å². The highest BCUT2D eigenvalue weighted by atomic mass is 32.4. The van der Waals surface area contributed by atoms with Gasteiger partial charge in [-0.3, -0.25) is 19.7 Å². The molecule has 2 aromatic rings. The zero-order valence-electron chi connectivity index (χ0n) is 13.8. The van der Waals surface area contributed by atoms with Gasteiger partial charge in [-0.1, -0.05) is 41.6 Å². The third-order valence-corrected chi connectivity index (χ3v) is 4.09. The van der Waals surface area contributed by atoms with Crippen LogP contribution in [0.25, 0.3) is 0 Å². The molecule has 0 spiro atoms. The van der Waals surface area contributed by atoms with Crippen molar-refractivity contribution < 1.29 is 19.2 Å². The van der Waals surface area contributed by atoms with E-state index in [0.717, 1.165) is 17.2 Å². The quantitative estimate of drug-likeness (QED) is 0.256. The highest BCUT2D eigenvalue weighted by Crippen LogP contribution is 2.28. The fourth-order valence-electron chi connectivity index (χ4n) is 2.13. The number of carbonyl (C=O) groups excluding carboxylic acids is 2. The number of nitrogens with one attached hydrogen (secondary N) is 1. The van der Waals surface area contributed by atoms with Gasteiger partial charge in [-0.15, -0.1) is 0 Å². The number of esters is 1. The number of nitro benzene ring substituents is 1. The lowest BCUT2D eigenvalue weighted by Gasteiger charge is -2.07. The van der Waals surface area contributed by atoms with Gasteiger partial charge in [0.05, 0.1) is 17.6 Å². The number of hydrogen-bond donors (Lipinski definition) is 1. The number of carbonyl (C=O) groups is 2. The molecule has 0 aliphatic rings. The van der Waals surface area contributed by atoms with Gasteiger partial charge in [0.1, 0.15) is 0 Å². The Kier molecular flexibility index (Phi) is 6.89. The highest BCUT2D eigenvalue weighted by Gasteiger charge is 2.21. The Hall–Kier alpha value is -2.70. The van der Waals surface area contributed by atoms with Crippen LogP contribution in [0, 0.1) is 17.0 Å². The lowest BCUT2D eigenvalue weighted by molar-refractivity contribution is -0.385. The molecule has 7 nitrogen and oxygen atoms in total. The Morgan fingerprint density at radius 2 is 1.92 bits per heavy atom.